The largest absolute Gasteiger partial charge is 0.469 e. The number of likely N-dealkylation sites (tertiary alicyclic amines) is 1. The molecule has 1 spiro atoms. The lowest BCUT2D eigenvalue weighted by Gasteiger charge is -2.32. The first kappa shape index (κ1) is 15.9. The molecular weight excluding hydrogens is 318 g/mol. The van der Waals surface area contributed by atoms with E-state index in [4.69, 9.17) is 4.42 Å². The SMILES string of the molecule is Cc1occc1C(=O)N1CCC2(CC1)CC2NC(=O)c1ccncc1. The topological polar surface area (TPSA) is 75.4 Å². The summed E-state index contributed by atoms with van der Waals surface area (Å²) < 4.78 is 5.23. The van der Waals surface area contributed by atoms with Crippen LogP contribution in [0.4, 0.5) is 0 Å². The van der Waals surface area contributed by atoms with Gasteiger partial charge in [0.05, 0.1) is 11.8 Å². The van der Waals surface area contributed by atoms with Crippen LogP contribution in [-0.4, -0.2) is 40.8 Å². The number of aromatic nitrogens is 1. The minimum atomic E-state index is -0.0446. The summed E-state index contributed by atoms with van der Waals surface area (Å²) in [5.41, 5.74) is 1.44. The van der Waals surface area contributed by atoms with E-state index >= 15 is 0 Å². The van der Waals surface area contributed by atoms with E-state index in [1.165, 1.54) is 0 Å². The van der Waals surface area contributed by atoms with Crippen LogP contribution < -0.4 is 5.32 Å². The molecule has 1 unspecified atom stereocenters. The van der Waals surface area contributed by atoms with E-state index in [1.807, 2.05) is 11.8 Å². The minimum Gasteiger partial charge on any atom is -0.469 e. The van der Waals surface area contributed by atoms with Crippen molar-refractivity contribution in [1.82, 2.24) is 15.2 Å². The van der Waals surface area contributed by atoms with Gasteiger partial charge in [0.1, 0.15) is 5.76 Å². The molecule has 2 amide bonds. The van der Waals surface area contributed by atoms with E-state index in [0.29, 0.717) is 16.9 Å². The normalized spacial score (nSPS) is 21.2. The summed E-state index contributed by atoms with van der Waals surface area (Å²) in [6, 6.07) is 5.38. The number of furan rings is 1. The van der Waals surface area contributed by atoms with Gasteiger partial charge in [0.2, 0.25) is 0 Å². The average molecular weight is 339 g/mol. The number of carbonyl (C=O) groups is 2. The number of nitrogens with one attached hydrogen (secondary N) is 1. The van der Waals surface area contributed by atoms with Gasteiger partial charge in [-0.15, -0.1) is 0 Å². The van der Waals surface area contributed by atoms with Crippen molar-refractivity contribution in [3.8, 4) is 0 Å². The highest BCUT2D eigenvalue weighted by molar-refractivity contribution is 5.95. The van der Waals surface area contributed by atoms with Crippen molar-refractivity contribution in [3.05, 3.63) is 53.7 Å². The van der Waals surface area contributed by atoms with Gasteiger partial charge in [-0.25, -0.2) is 0 Å². The quantitative estimate of drug-likeness (QED) is 0.932. The number of hydrogen-bond donors (Lipinski definition) is 1. The molecule has 2 aromatic rings. The lowest BCUT2D eigenvalue weighted by Crippen LogP contribution is -2.41. The van der Waals surface area contributed by atoms with Crippen LogP contribution in [0, 0.1) is 12.3 Å². The minimum absolute atomic E-state index is 0.0409. The Bertz CT molecular complexity index is 791. The number of hydrogen-bond acceptors (Lipinski definition) is 4. The molecule has 6 nitrogen and oxygen atoms in total. The summed E-state index contributed by atoms with van der Waals surface area (Å²) in [4.78, 5) is 30.6. The van der Waals surface area contributed by atoms with Crippen LogP contribution in [0.3, 0.4) is 0 Å². The van der Waals surface area contributed by atoms with Gasteiger partial charge < -0.3 is 14.6 Å². The number of aryl methyl sites for hydroxylation is 1. The fourth-order valence-corrected chi connectivity index (χ4v) is 3.78. The Kier molecular flexibility index (Phi) is 3.82. The van der Waals surface area contributed by atoms with Gasteiger partial charge in [-0.05, 0) is 49.8 Å². The van der Waals surface area contributed by atoms with Crippen molar-refractivity contribution in [1.29, 1.82) is 0 Å². The van der Waals surface area contributed by atoms with Crippen LogP contribution in [0.1, 0.15) is 45.7 Å². The summed E-state index contributed by atoms with van der Waals surface area (Å²) in [6.45, 7) is 3.26. The van der Waals surface area contributed by atoms with E-state index in [2.05, 4.69) is 10.3 Å². The standard InChI is InChI=1S/C19H21N3O3/c1-13-15(4-11-25-13)18(24)22-9-5-19(6-10-22)12-16(19)21-17(23)14-2-7-20-8-3-14/h2-4,7-8,11,16H,5-6,9-10,12H2,1H3,(H,21,23). The van der Waals surface area contributed by atoms with Crippen LogP contribution in [0.25, 0.3) is 0 Å². The van der Waals surface area contributed by atoms with E-state index in [0.717, 1.165) is 32.4 Å². The molecule has 1 N–H and O–H groups in total. The fourth-order valence-electron chi connectivity index (χ4n) is 3.78. The maximum Gasteiger partial charge on any atom is 0.257 e. The molecule has 130 valence electrons. The molecule has 25 heavy (non-hydrogen) atoms. The van der Waals surface area contributed by atoms with Crippen LogP contribution in [0.15, 0.2) is 41.3 Å². The molecule has 2 fully saturated rings. The van der Waals surface area contributed by atoms with E-state index in [-0.39, 0.29) is 23.3 Å². The van der Waals surface area contributed by atoms with E-state index in [1.54, 1.807) is 36.9 Å². The summed E-state index contributed by atoms with van der Waals surface area (Å²) >= 11 is 0. The van der Waals surface area contributed by atoms with Crippen molar-refractivity contribution >= 4 is 11.8 Å². The summed E-state index contributed by atoms with van der Waals surface area (Å²) in [5, 5.41) is 3.13. The van der Waals surface area contributed by atoms with Gasteiger partial charge in [-0.2, -0.15) is 0 Å². The molecule has 2 aromatic heterocycles. The fraction of sp³-hybridized carbons (Fsp3) is 0.421. The molecule has 2 aliphatic rings. The molecule has 1 saturated carbocycles. The first-order valence-electron chi connectivity index (χ1n) is 8.63. The number of carbonyl (C=O) groups excluding carboxylic acids is 2. The van der Waals surface area contributed by atoms with E-state index in [9.17, 15) is 9.59 Å². The molecule has 1 saturated heterocycles. The van der Waals surface area contributed by atoms with Gasteiger partial charge in [-0.3, -0.25) is 14.6 Å². The second-order valence-electron chi connectivity index (χ2n) is 7.01. The lowest BCUT2D eigenvalue weighted by atomic mass is 9.92. The molecule has 1 atom stereocenters. The Balaban J connectivity index is 1.33. The zero-order chi connectivity index (χ0) is 17.4. The first-order valence-corrected chi connectivity index (χ1v) is 8.63. The number of pyridine rings is 1. The van der Waals surface area contributed by atoms with Crippen molar-refractivity contribution in [2.45, 2.75) is 32.2 Å². The highest BCUT2D eigenvalue weighted by Crippen LogP contribution is 2.54. The second kappa shape index (κ2) is 6.02. The van der Waals surface area contributed by atoms with Crippen molar-refractivity contribution in [2.75, 3.05) is 13.1 Å². The predicted octanol–water partition coefficient (Wildman–Crippen LogP) is 2.41. The molecule has 3 heterocycles. The maximum absolute atomic E-state index is 12.5. The first-order chi connectivity index (χ1) is 12.1. The van der Waals surface area contributed by atoms with Gasteiger partial charge in [-0.1, -0.05) is 0 Å². The number of piperidine rings is 1. The molecule has 0 aromatic carbocycles. The third kappa shape index (κ3) is 2.92. The Hall–Kier alpha value is -2.63. The zero-order valence-electron chi connectivity index (χ0n) is 14.2. The van der Waals surface area contributed by atoms with Gasteiger partial charge >= 0.3 is 0 Å². The number of rotatable bonds is 3. The Labute approximate surface area is 146 Å². The third-order valence-electron chi connectivity index (χ3n) is 5.57. The number of nitrogens with zero attached hydrogens (tertiary/aromatic N) is 2. The van der Waals surface area contributed by atoms with Crippen LogP contribution in [0.5, 0.6) is 0 Å². The van der Waals surface area contributed by atoms with Gasteiger partial charge in [0, 0.05) is 37.1 Å². The molecule has 1 aliphatic carbocycles. The molecule has 0 bridgehead atoms. The Morgan fingerprint density at radius 3 is 2.60 bits per heavy atom. The van der Waals surface area contributed by atoms with Crippen molar-refractivity contribution < 1.29 is 14.0 Å². The van der Waals surface area contributed by atoms with Gasteiger partial charge in [0.25, 0.3) is 11.8 Å². The van der Waals surface area contributed by atoms with Crippen LogP contribution >= 0.6 is 0 Å². The third-order valence-corrected chi connectivity index (χ3v) is 5.57. The number of amides is 2. The van der Waals surface area contributed by atoms with Crippen LogP contribution in [0.2, 0.25) is 0 Å². The maximum atomic E-state index is 12.5. The monoisotopic (exact) mass is 339 g/mol. The highest BCUT2D eigenvalue weighted by atomic mass is 16.3. The Morgan fingerprint density at radius 2 is 1.96 bits per heavy atom. The van der Waals surface area contributed by atoms with Crippen molar-refractivity contribution in [3.63, 3.8) is 0 Å². The molecular formula is C19H21N3O3. The van der Waals surface area contributed by atoms with Crippen molar-refractivity contribution in [2.24, 2.45) is 5.41 Å². The smallest absolute Gasteiger partial charge is 0.257 e. The van der Waals surface area contributed by atoms with Crippen LogP contribution in [-0.2, 0) is 0 Å². The Morgan fingerprint density at radius 1 is 1.24 bits per heavy atom. The molecule has 6 heteroatoms. The molecule has 0 radical (unpaired) electrons. The van der Waals surface area contributed by atoms with E-state index < -0.39 is 0 Å². The summed E-state index contributed by atoms with van der Waals surface area (Å²) in [5.74, 6) is 0.662. The second-order valence-corrected chi connectivity index (χ2v) is 7.01. The summed E-state index contributed by atoms with van der Waals surface area (Å²) in [6.07, 6.45) is 7.66. The predicted molar refractivity (Wildman–Crippen MR) is 91.1 cm³/mol. The molecule has 1 aliphatic heterocycles. The van der Waals surface area contributed by atoms with Gasteiger partial charge in [0.15, 0.2) is 0 Å². The zero-order valence-corrected chi connectivity index (χ0v) is 14.2. The lowest BCUT2D eigenvalue weighted by molar-refractivity contribution is 0.0666. The molecule has 4 rings (SSSR count). The summed E-state index contributed by atoms with van der Waals surface area (Å²) in [7, 11) is 0. The highest BCUT2D eigenvalue weighted by Gasteiger charge is 2.56. The average Bonchev–Trinajstić information content (AvgIpc) is 3.09.